The molecule has 0 spiro atoms. The summed E-state index contributed by atoms with van der Waals surface area (Å²) in [5, 5.41) is 22.1. The Morgan fingerprint density at radius 3 is 2.75 bits per heavy atom. The predicted molar refractivity (Wildman–Crippen MR) is 68.6 cm³/mol. The van der Waals surface area contributed by atoms with E-state index in [9.17, 15) is 5.11 Å². The number of rotatable bonds is 5. The minimum Gasteiger partial charge on any atom is -0.393 e. The van der Waals surface area contributed by atoms with Crippen LogP contribution < -0.4 is 5.32 Å². The van der Waals surface area contributed by atoms with Crippen molar-refractivity contribution in [3.05, 3.63) is 33.3 Å². The highest BCUT2D eigenvalue weighted by molar-refractivity contribution is 9.10. The van der Waals surface area contributed by atoms with Crippen LogP contribution in [0.2, 0.25) is 5.02 Å². The Kier molecular flexibility index (Phi) is 5.21. The van der Waals surface area contributed by atoms with Crippen LogP contribution >= 0.6 is 27.5 Å². The largest absolute Gasteiger partial charge is 0.393 e. The van der Waals surface area contributed by atoms with E-state index in [-0.39, 0.29) is 6.61 Å². The van der Waals surface area contributed by atoms with Crippen molar-refractivity contribution in [3.8, 4) is 0 Å². The average molecular weight is 309 g/mol. The Bertz CT molecular complexity index is 358. The number of aliphatic hydroxyl groups excluding tert-OH is 1. The molecule has 5 heteroatoms. The fourth-order valence-corrected chi connectivity index (χ4v) is 1.63. The molecule has 1 aromatic carbocycles. The van der Waals surface area contributed by atoms with Gasteiger partial charge in [-0.15, -0.1) is 0 Å². The zero-order valence-corrected chi connectivity index (χ0v) is 11.3. The highest BCUT2D eigenvalue weighted by atomic mass is 79.9. The molecule has 0 heterocycles. The lowest BCUT2D eigenvalue weighted by atomic mass is 10.1. The SMILES string of the molecule is CC(O)(CO)CNCc1ccc(Br)c(Cl)c1. The first-order valence-electron chi connectivity index (χ1n) is 4.92. The standard InChI is InChI=1S/C11H15BrClNO2/c1-11(16,7-15)6-14-5-8-2-3-9(12)10(13)4-8/h2-4,14-16H,5-7H2,1H3. The average Bonchev–Trinajstić information content (AvgIpc) is 2.23. The number of aliphatic hydroxyl groups is 2. The molecule has 1 aromatic rings. The van der Waals surface area contributed by atoms with Crippen LogP contribution in [0, 0.1) is 0 Å². The van der Waals surface area contributed by atoms with Crippen molar-refractivity contribution in [2.24, 2.45) is 0 Å². The van der Waals surface area contributed by atoms with Crippen LogP contribution in [0.3, 0.4) is 0 Å². The van der Waals surface area contributed by atoms with E-state index < -0.39 is 5.60 Å². The number of halogens is 2. The van der Waals surface area contributed by atoms with Crippen LogP contribution in [0.25, 0.3) is 0 Å². The summed E-state index contributed by atoms with van der Waals surface area (Å²) in [6.07, 6.45) is 0. The van der Waals surface area contributed by atoms with Crippen LogP contribution in [0.15, 0.2) is 22.7 Å². The molecular formula is C11H15BrClNO2. The third-order valence-electron chi connectivity index (χ3n) is 2.16. The molecule has 0 saturated heterocycles. The Labute approximate surface area is 109 Å². The van der Waals surface area contributed by atoms with Gasteiger partial charge in [0.05, 0.1) is 17.2 Å². The molecule has 1 atom stereocenters. The molecule has 1 rings (SSSR count). The van der Waals surface area contributed by atoms with Crippen LogP contribution in [-0.4, -0.2) is 29.0 Å². The smallest absolute Gasteiger partial charge is 0.0972 e. The van der Waals surface area contributed by atoms with E-state index in [0.29, 0.717) is 18.1 Å². The van der Waals surface area contributed by atoms with Crippen LogP contribution in [0.5, 0.6) is 0 Å². The summed E-state index contributed by atoms with van der Waals surface area (Å²) in [5.74, 6) is 0. The van der Waals surface area contributed by atoms with E-state index in [0.717, 1.165) is 10.0 Å². The molecule has 0 aliphatic rings. The van der Waals surface area contributed by atoms with Crippen LogP contribution in [-0.2, 0) is 6.54 Å². The Morgan fingerprint density at radius 2 is 2.19 bits per heavy atom. The zero-order chi connectivity index (χ0) is 12.2. The molecule has 0 aliphatic heterocycles. The first-order chi connectivity index (χ1) is 7.44. The molecule has 3 N–H and O–H groups in total. The lowest BCUT2D eigenvalue weighted by Crippen LogP contribution is -2.40. The van der Waals surface area contributed by atoms with Gasteiger partial charge in [-0.2, -0.15) is 0 Å². The van der Waals surface area contributed by atoms with Crippen LogP contribution in [0.4, 0.5) is 0 Å². The van der Waals surface area contributed by atoms with Gasteiger partial charge in [0, 0.05) is 17.6 Å². The second-order valence-electron chi connectivity index (χ2n) is 4.01. The number of benzene rings is 1. The molecule has 16 heavy (non-hydrogen) atoms. The summed E-state index contributed by atoms with van der Waals surface area (Å²) in [6, 6.07) is 5.67. The number of nitrogens with one attached hydrogen (secondary N) is 1. The van der Waals surface area contributed by atoms with Gasteiger partial charge in [-0.3, -0.25) is 0 Å². The normalized spacial score (nSPS) is 14.8. The van der Waals surface area contributed by atoms with E-state index in [1.54, 1.807) is 6.92 Å². The molecule has 90 valence electrons. The Balaban J connectivity index is 2.46. The van der Waals surface area contributed by atoms with Gasteiger partial charge >= 0.3 is 0 Å². The summed E-state index contributed by atoms with van der Waals surface area (Å²) < 4.78 is 0.861. The summed E-state index contributed by atoms with van der Waals surface area (Å²) in [5.41, 5.74) is -0.0546. The van der Waals surface area contributed by atoms with Crippen molar-refractivity contribution in [3.63, 3.8) is 0 Å². The topological polar surface area (TPSA) is 52.5 Å². The second kappa shape index (κ2) is 5.98. The molecule has 0 aliphatic carbocycles. The minimum absolute atomic E-state index is 0.263. The van der Waals surface area contributed by atoms with Crippen molar-refractivity contribution in [2.75, 3.05) is 13.2 Å². The minimum atomic E-state index is -1.08. The van der Waals surface area contributed by atoms with Crippen molar-refractivity contribution < 1.29 is 10.2 Å². The molecule has 0 fully saturated rings. The third-order valence-corrected chi connectivity index (χ3v) is 3.39. The lowest BCUT2D eigenvalue weighted by molar-refractivity contribution is 0.00254. The van der Waals surface area contributed by atoms with Crippen molar-refractivity contribution in [1.29, 1.82) is 0 Å². The molecule has 3 nitrogen and oxygen atoms in total. The van der Waals surface area contributed by atoms with Gasteiger partial charge in [0.1, 0.15) is 0 Å². The van der Waals surface area contributed by atoms with Gasteiger partial charge in [-0.25, -0.2) is 0 Å². The quantitative estimate of drug-likeness (QED) is 0.779. The first-order valence-corrected chi connectivity index (χ1v) is 6.09. The molecule has 0 radical (unpaired) electrons. The van der Waals surface area contributed by atoms with E-state index in [1.807, 2.05) is 18.2 Å². The number of hydrogen-bond donors (Lipinski definition) is 3. The zero-order valence-electron chi connectivity index (χ0n) is 9.00. The monoisotopic (exact) mass is 307 g/mol. The summed E-state index contributed by atoms with van der Waals surface area (Å²) >= 11 is 9.26. The van der Waals surface area contributed by atoms with Crippen molar-refractivity contribution >= 4 is 27.5 Å². The third kappa shape index (κ3) is 4.39. The van der Waals surface area contributed by atoms with Gasteiger partial charge in [0.2, 0.25) is 0 Å². The van der Waals surface area contributed by atoms with E-state index >= 15 is 0 Å². The van der Waals surface area contributed by atoms with Gasteiger partial charge in [0.25, 0.3) is 0 Å². The summed E-state index contributed by atoms with van der Waals surface area (Å²) in [7, 11) is 0. The Hall–Kier alpha value is -0.130. The van der Waals surface area contributed by atoms with Crippen molar-refractivity contribution in [2.45, 2.75) is 19.1 Å². The second-order valence-corrected chi connectivity index (χ2v) is 5.27. The molecule has 0 amide bonds. The Morgan fingerprint density at radius 1 is 1.50 bits per heavy atom. The van der Waals surface area contributed by atoms with Gasteiger partial charge < -0.3 is 15.5 Å². The maximum atomic E-state index is 9.55. The highest BCUT2D eigenvalue weighted by Gasteiger charge is 2.17. The maximum Gasteiger partial charge on any atom is 0.0972 e. The number of hydrogen-bond acceptors (Lipinski definition) is 3. The predicted octanol–water partition coefficient (Wildman–Crippen LogP) is 1.94. The van der Waals surface area contributed by atoms with E-state index in [2.05, 4.69) is 21.2 Å². The molecular weight excluding hydrogens is 293 g/mol. The fraction of sp³-hybridized carbons (Fsp3) is 0.455. The molecule has 1 unspecified atom stereocenters. The van der Waals surface area contributed by atoms with Gasteiger partial charge in [0.15, 0.2) is 0 Å². The maximum absolute atomic E-state index is 9.55. The molecule has 0 bridgehead atoms. The summed E-state index contributed by atoms with van der Waals surface area (Å²) in [4.78, 5) is 0. The first kappa shape index (κ1) is 13.9. The highest BCUT2D eigenvalue weighted by Crippen LogP contribution is 2.23. The lowest BCUT2D eigenvalue weighted by Gasteiger charge is -2.20. The van der Waals surface area contributed by atoms with E-state index in [4.69, 9.17) is 16.7 Å². The van der Waals surface area contributed by atoms with Crippen LogP contribution in [0.1, 0.15) is 12.5 Å². The van der Waals surface area contributed by atoms with Crippen molar-refractivity contribution in [1.82, 2.24) is 5.32 Å². The fourth-order valence-electron chi connectivity index (χ4n) is 1.18. The van der Waals surface area contributed by atoms with Gasteiger partial charge in [-0.05, 0) is 40.5 Å². The summed E-state index contributed by atoms with van der Waals surface area (Å²) in [6.45, 7) is 2.25. The van der Waals surface area contributed by atoms with E-state index in [1.165, 1.54) is 0 Å². The molecule has 0 saturated carbocycles. The molecule has 0 aromatic heterocycles. The van der Waals surface area contributed by atoms with Gasteiger partial charge in [-0.1, -0.05) is 17.7 Å².